The highest BCUT2D eigenvalue weighted by atomic mass is 79.9. The van der Waals surface area contributed by atoms with Crippen molar-refractivity contribution in [2.75, 3.05) is 25.1 Å². The summed E-state index contributed by atoms with van der Waals surface area (Å²) in [4.78, 5) is 11.0. The second-order valence-corrected chi connectivity index (χ2v) is 5.22. The average molecular weight is 300 g/mol. The zero-order chi connectivity index (χ0) is 12.3. The highest BCUT2D eigenvalue weighted by Crippen LogP contribution is 2.26. The van der Waals surface area contributed by atoms with Crippen LogP contribution in [0.5, 0.6) is 5.88 Å². The lowest BCUT2D eigenvalue weighted by molar-refractivity contribution is 0.381. The van der Waals surface area contributed by atoms with Crippen LogP contribution in [0.2, 0.25) is 0 Å². The minimum Gasteiger partial charge on any atom is -0.480 e. The van der Waals surface area contributed by atoms with Crippen LogP contribution < -0.4 is 9.64 Å². The van der Waals surface area contributed by atoms with Crippen LogP contribution in [0, 0.1) is 5.92 Å². The van der Waals surface area contributed by atoms with Gasteiger partial charge in [-0.15, -0.1) is 0 Å². The highest BCUT2D eigenvalue weighted by Gasteiger charge is 2.20. The fourth-order valence-corrected chi connectivity index (χ4v) is 2.53. The third-order valence-electron chi connectivity index (χ3n) is 3.37. The van der Waals surface area contributed by atoms with Gasteiger partial charge in [0.2, 0.25) is 11.8 Å². The maximum atomic E-state index is 5.19. The number of halogens is 1. The maximum Gasteiger partial charge on any atom is 0.232 e. The van der Waals surface area contributed by atoms with Crippen molar-refractivity contribution in [3.05, 3.63) is 10.7 Å². The van der Waals surface area contributed by atoms with Crippen molar-refractivity contribution < 1.29 is 4.74 Å². The molecule has 0 spiro atoms. The first-order valence-corrected chi connectivity index (χ1v) is 6.85. The van der Waals surface area contributed by atoms with Crippen molar-refractivity contribution >= 4 is 21.9 Å². The minimum atomic E-state index is 0.604. The number of piperidine rings is 1. The molecule has 17 heavy (non-hydrogen) atoms. The van der Waals surface area contributed by atoms with E-state index in [1.165, 1.54) is 19.3 Å². The molecule has 5 heteroatoms. The Morgan fingerprint density at radius 3 is 2.76 bits per heavy atom. The van der Waals surface area contributed by atoms with Crippen LogP contribution in [0.4, 0.5) is 5.95 Å². The Kier molecular flexibility index (Phi) is 4.20. The summed E-state index contributed by atoms with van der Waals surface area (Å²) < 4.78 is 5.99. The first-order valence-electron chi connectivity index (χ1n) is 6.06. The van der Waals surface area contributed by atoms with Gasteiger partial charge in [-0.25, -0.2) is 4.98 Å². The molecule has 0 aliphatic carbocycles. The standard InChI is InChI=1S/C12H18BrN3O/c1-3-9-4-6-16(7-5-9)12-14-8-10(13)11(15-12)17-2/h8-9H,3-7H2,1-2H3. The van der Waals surface area contributed by atoms with E-state index in [-0.39, 0.29) is 0 Å². The van der Waals surface area contributed by atoms with E-state index in [4.69, 9.17) is 4.74 Å². The summed E-state index contributed by atoms with van der Waals surface area (Å²) in [7, 11) is 1.63. The van der Waals surface area contributed by atoms with E-state index in [1.807, 2.05) is 0 Å². The second-order valence-electron chi connectivity index (χ2n) is 4.37. The molecule has 1 aliphatic heterocycles. The van der Waals surface area contributed by atoms with Gasteiger partial charge in [0.1, 0.15) is 0 Å². The van der Waals surface area contributed by atoms with Gasteiger partial charge in [-0.2, -0.15) is 4.98 Å². The molecule has 1 aromatic rings. The molecule has 2 heterocycles. The van der Waals surface area contributed by atoms with Crippen LogP contribution in [0.3, 0.4) is 0 Å². The summed E-state index contributed by atoms with van der Waals surface area (Å²) in [5.41, 5.74) is 0. The van der Waals surface area contributed by atoms with Gasteiger partial charge in [-0.3, -0.25) is 0 Å². The van der Waals surface area contributed by atoms with Crippen molar-refractivity contribution in [1.82, 2.24) is 9.97 Å². The number of anilines is 1. The lowest BCUT2D eigenvalue weighted by atomic mass is 9.95. The van der Waals surface area contributed by atoms with Crippen LogP contribution in [-0.2, 0) is 0 Å². The summed E-state index contributed by atoms with van der Waals surface area (Å²) in [6.07, 6.45) is 5.50. The van der Waals surface area contributed by atoms with Gasteiger partial charge in [-0.1, -0.05) is 13.3 Å². The van der Waals surface area contributed by atoms with Crippen LogP contribution in [0.15, 0.2) is 10.7 Å². The Labute approximate surface area is 111 Å². The predicted molar refractivity (Wildman–Crippen MR) is 71.5 cm³/mol. The van der Waals surface area contributed by atoms with Crippen LogP contribution in [-0.4, -0.2) is 30.2 Å². The summed E-state index contributed by atoms with van der Waals surface area (Å²) in [5.74, 6) is 2.25. The molecule has 0 radical (unpaired) electrons. The Morgan fingerprint density at radius 2 is 2.18 bits per heavy atom. The molecule has 0 unspecified atom stereocenters. The Balaban J connectivity index is 2.08. The normalized spacial score (nSPS) is 17.2. The van der Waals surface area contributed by atoms with Crippen molar-refractivity contribution in [2.24, 2.45) is 5.92 Å². The van der Waals surface area contributed by atoms with Gasteiger partial charge in [0.15, 0.2) is 0 Å². The molecule has 0 atom stereocenters. The fourth-order valence-electron chi connectivity index (χ4n) is 2.18. The molecule has 1 saturated heterocycles. The second kappa shape index (κ2) is 5.67. The van der Waals surface area contributed by atoms with E-state index < -0.39 is 0 Å². The predicted octanol–water partition coefficient (Wildman–Crippen LogP) is 2.87. The van der Waals surface area contributed by atoms with E-state index in [0.717, 1.165) is 29.4 Å². The van der Waals surface area contributed by atoms with E-state index in [9.17, 15) is 0 Å². The van der Waals surface area contributed by atoms with Crippen LogP contribution in [0.1, 0.15) is 26.2 Å². The lowest BCUT2D eigenvalue weighted by Gasteiger charge is -2.31. The van der Waals surface area contributed by atoms with Gasteiger partial charge in [0.05, 0.1) is 17.8 Å². The summed E-state index contributed by atoms with van der Waals surface area (Å²) in [6, 6.07) is 0. The molecule has 0 saturated carbocycles. The number of hydrogen-bond acceptors (Lipinski definition) is 4. The van der Waals surface area contributed by atoms with Crippen molar-refractivity contribution in [2.45, 2.75) is 26.2 Å². The third kappa shape index (κ3) is 2.89. The van der Waals surface area contributed by atoms with Crippen molar-refractivity contribution in [1.29, 1.82) is 0 Å². The maximum absolute atomic E-state index is 5.19. The molecule has 0 amide bonds. The minimum absolute atomic E-state index is 0.604. The quantitative estimate of drug-likeness (QED) is 0.860. The van der Waals surface area contributed by atoms with Crippen LogP contribution >= 0.6 is 15.9 Å². The van der Waals surface area contributed by atoms with Crippen LogP contribution in [0.25, 0.3) is 0 Å². The number of ether oxygens (including phenoxy) is 1. The molecular formula is C12H18BrN3O. The number of aromatic nitrogens is 2. The number of methoxy groups -OCH3 is 1. The highest BCUT2D eigenvalue weighted by molar-refractivity contribution is 9.10. The Hall–Kier alpha value is -0.840. The van der Waals surface area contributed by atoms with Crippen molar-refractivity contribution in [3.8, 4) is 5.88 Å². The molecular weight excluding hydrogens is 282 g/mol. The first kappa shape index (κ1) is 12.6. The molecule has 94 valence electrons. The molecule has 1 fully saturated rings. The summed E-state index contributed by atoms with van der Waals surface area (Å²) in [5, 5.41) is 0. The molecule has 1 aromatic heterocycles. The van der Waals surface area contributed by atoms with Gasteiger partial charge >= 0.3 is 0 Å². The largest absolute Gasteiger partial charge is 0.480 e. The first-order chi connectivity index (χ1) is 8.24. The Bertz CT molecular complexity index is 378. The van der Waals surface area contributed by atoms with E-state index >= 15 is 0 Å². The lowest BCUT2D eigenvalue weighted by Crippen LogP contribution is -2.34. The summed E-state index contributed by atoms with van der Waals surface area (Å²) in [6.45, 7) is 4.35. The van der Waals surface area contributed by atoms with Gasteiger partial charge in [0, 0.05) is 13.1 Å². The SMILES string of the molecule is CCC1CCN(c2ncc(Br)c(OC)n2)CC1. The molecule has 4 nitrogen and oxygen atoms in total. The van der Waals surface area contributed by atoms with Gasteiger partial charge in [-0.05, 0) is 34.7 Å². The monoisotopic (exact) mass is 299 g/mol. The van der Waals surface area contributed by atoms with E-state index in [1.54, 1.807) is 13.3 Å². The van der Waals surface area contributed by atoms with Gasteiger partial charge < -0.3 is 9.64 Å². The molecule has 0 N–H and O–H groups in total. The molecule has 2 rings (SSSR count). The zero-order valence-electron chi connectivity index (χ0n) is 10.3. The number of nitrogens with zero attached hydrogens (tertiary/aromatic N) is 3. The molecule has 1 aliphatic rings. The topological polar surface area (TPSA) is 38.2 Å². The van der Waals surface area contributed by atoms with Gasteiger partial charge in [0.25, 0.3) is 0 Å². The number of hydrogen-bond donors (Lipinski definition) is 0. The fraction of sp³-hybridized carbons (Fsp3) is 0.667. The van der Waals surface area contributed by atoms with E-state index in [0.29, 0.717) is 5.88 Å². The summed E-state index contributed by atoms with van der Waals surface area (Å²) >= 11 is 3.37. The molecule has 0 bridgehead atoms. The van der Waals surface area contributed by atoms with E-state index in [2.05, 4.69) is 37.7 Å². The Morgan fingerprint density at radius 1 is 1.47 bits per heavy atom. The third-order valence-corrected chi connectivity index (χ3v) is 3.91. The van der Waals surface area contributed by atoms with Crippen molar-refractivity contribution in [3.63, 3.8) is 0 Å². The average Bonchev–Trinajstić information content (AvgIpc) is 2.39. The zero-order valence-corrected chi connectivity index (χ0v) is 11.9. The number of rotatable bonds is 3. The smallest absolute Gasteiger partial charge is 0.232 e. The molecule has 0 aromatic carbocycles.